The first-order valence-electron chi connectivity index (χ1n) is 8.82. The Morgan fingerprint density at radius 1 is 0.885 bits per heavy atom. The van der Waals surface area contributed by atoms with Crippen LogP contribution in [0, 0.1) is 0 Å². The van der Waals surface area contributed by atoms with Gasteiger partial charge >= 0.3 is 0 Å². The van der Waals surface area contributed by atoms with Crippen LogP contribution in [0.15, 0.2) is 66.7 Å². The lowest BCUT2D eigenvalue weighted by molar-refractivity contribution is -0.118. The van der Waals surface area contributed by atoms with E-state index in [2.05, 4.69) is 4.98 Å². The van der Waals surface area contributed by atoms with Crippen molar-refractivity contribution in [1.82, 2.24) is 4.98 Å². The second kappa shape index (κ2) is 6.60. The molecule has 128 valence electrons. The SMILES string of the molecule is CCC(=O)Cc1c(C(=O)c2ccc3ccccc3c2)[nH]c2ccccc12. The van der Waals surface area contributed by atoms with Gasteiger partial charge in [0.05, 0.1) is 5.69 Å². The molecule has 0 aliphatic carbocycles. The number of ketones is 2. The zero-order valence-corrected chi connectivity index (χ0v) is 14.6. The van der Waals surface area contributed by atoms with E-state index < -0.39 is 0 Å². The standard InChI is InChI=1S/C23H19NO2/c1-2-18(25)14-20-19-9-5-6-10-21(19)24-22(20)23(26)17-12-11-15-7-3-4-8-16(15)13-17/h3-13,24H,2,14H2,1H3. The van der Waals surface area contributed by atoms with E-state index in [-0.39, 0.29) is 18.0 Å². The average molecular weight is 341 g/mol. The van der Waals surface area contributed by atoms with Crippen molar-refractivity contribution in [2.24, 2.45) is 0 Å². The third-order valence-electron chi connectivity index (χ3n) is 4.82. The maximum Gasteiger partial charge on any atom is 0.209 e. The molecule has 0 fully saturated rings. The summed E-state index contributed by atoms with van der Waals surface area (Å²) in [5.74, 6) is 0.0492. The zero-order valence-electron chi connectivity index (χ0n) is 14.6. The quantitative estimate of drug-likeness (QED) is 0.515. The normalized spacial score (nSPS) is 11.1. The van der Waals surface area contributed by atoms with E-state index in [4.69, 9.17) is 0 Å². The molecule has 3 nitrogen and oxygen atoms in total. The molecule has 0 atom stereocenters. The van der Waals surface area contributed by atoms with Gasteiger partial charge in [0.2, 0.25) is 5.78 Å². The lowest BCUT2D eigenvalue weighted by Gasteiger charge is -2.05. The number of aromatic amines is 1. The summed E-state index contributed by atoms with van der Waals surface area (Å²) in [4.78, 5) is 28.5. The van der Waals surface area contributed by atoms with Gasteiger partial charge in [-0.05, 0) is 28.5 Å². The molecular formula is C23H19NO2. The van der Waals surface area contributed by atoms with Crippen LogP contribution in [0.5, 0.6) is 0 Å². The van der Waals surface area contributed by atoms with Crippen LogP contribution in [-0.2, 0) is 11.2 Å². The molecule has 0 amide bonds. The number of rotatable bonds is 5. The van der Waals surface area contributed by atoms with Crippen LogP contribution >= 0.6 is 0 Å². The van der Waals surface area contributed by atoms with Gasteiger partial charge in [0.15, 0.2) is 0 Å². The molecule has 26 heavy (non-hydrogen) atoms. The fourth-order valence-corrected chi connectivity index (χ4v) is 3.37. The first kappa shape index (κ1) is 16.3. The molecule has 0 saturated heterocycles. The lowest BCUT2D eigenvalue weighted by atomic mass is 9.97. The molecule has 1 heterocycles. The number of nitrogens with one attached hydrogen (secondary N) is 1. The van der Waals surface area contributed by atoms with E-state index in [1.165, 1.54) is 0 Å². The first-order chi connectivity index (χ1) is 12.7. The molecule has 0 bridgehead atoms. The van der Waals surface area contributed by atoms with Crippen LogP contribution in [0.25, 0.3) is 21.7 Å². The number of carbonyl (C=O) groups excluding carboxylic acids is 2. The fourth-order valence-electron chi connectivity index (χ4n) is 3.37. The summed E-state index contributed by atoms with van der Waals surface area (Å²) in [6, 6.07) is 21.4. The van der Waals surface area contributed by atoms with Gasteiger partial charge in [-0.25, -0.2) is 0 Å². The predicted molar refractivity (Wildman–Crippen MR) is 105 cm³/mol. The van der Waals surface area contributed by atoms with Crippen molar-refractivity contribution in [2.75, 3.05) is 0 Å². The summed E-state index contributed by atoms with van der Waals surface area (Å²) in [5, 5.41) is 3.07. The number of benzene rings is 3. The Bertz CT molecular complexity index is 1140. The second-order valence-electron chi connectivity index (χ2n) is 6.48. The molecule has 0 aliphatic rings. The van der Waals surface area contributed by atoms with E-state index >= 15 is 0 Å². The highest BCUT2D eigenvalue weighted by Gasteiger charge is 2.20. The van der Waals surface area contributed by atoms with Crippen LogP contribution in [0.1, 0.15) is 35.0 Å². The van der Waals surface area contributed by atoms with Crippen LogP contribution in [-0.4, -0.2) is 16.6 Å². The second-order valence-corrected chi connectivity index (χ2v) is 6.48. The van der Waals surface area contributed by atoms with E-state index in [9.17, 15) is 9.59 Å². The summed E-state index contributed by atoms with van der Waals surface area (Å²) >= 11 is 0. The Morgan fingerprint density at radius 3 is 2.42 bits per heavy atom. The van der Waals surface area contributed by atoms with Gasteiger partial charge in [-0.15, -0.1) is 0 Å². The van der Waals surface area contributed by atoms with Gasteiger partial charge in [0.25, 0.3) is 0 Å². The zero-order chi connectivity index (χ0) is 18.1. The molecular weight excluding hydrogens is 322 g/mol. The van der Waals surface area contributed by atoms with Gasteiger partial charge < -0.3 is 4.98 Å². The Balaban J connectivity index is 1.84. The summed E-state index contributed by atoms with van der Waals surface area (Å²) in [7, 11) is 0. The molecule has 3 heteroatoms. The predicted octanol–water partition coefficient (Wildman–Crippen LogP) is 5.07. The number of H-pyrrole nitrogens is 1. The largest absolute Gasteiger partial charge is 0.352 e. The average Bonchev–Trinajstić information content (AvgIpc) is 3.05. The monoisotopic (exact) mass is 341 g/mol. The number of para-hydroxylation sites is 1. The van der Waals surface area contributed by atoms with Gasteiger partial charge in [-0.3, -0.25) is 9.59 Å². The van der Waals surface area contributed by atoms with E-state index in [1.54, 1.807) is 0 Å². The fraction of sp³-hybridized carbons (Fsp3) is 0.130. The van der Waals surface area contributed by atoms with Gasteiger partial charge in [-0.2, -0.15) is 0 Å². The van der Waals surface area contributed by atoms with E-state index in [0.29, 0.717) is 17.7 Å². The molecule has 4 rings (SSSR count). The van der Waals surface area contributed by atoms with E-state index in [0.717, 1.165) is 27.2 Å². The molecule has 4 aromatic rings. The van der Waals surface area contributed by atoms with Gasteiger partial charge in [-0.1, -0.05) is 61.5 Å². The highest BCUT2D eigenvalue weighted by atomic mass is 16.1. The van der Waals surface area contributed by atoms with Crippen molar-refractivity contribution < 1.29 is 9.59 Å². The molecule has 1 aromatic heterocycles. The van der Waals surface area contributed by atoms with Crippen molar-refractivity contribution in [3.63, 3.8) is 0 Å². The minimum Gasteiger partial charge on any atom is -0.352 e. The van der Waals surface area contributed by atoms with Gasteiger partial charge in [0.1, 0.15) is 5.78 Å². The third-order valence-corrected chi connectivity index (χ3v) is 4.82. The molecule has 0 aliphatic heterocycles. The van der Waals surface area contributed by atoms with Crippen molar-refractivity contribution in [3.05, 3.63) is 83.6 Å². The summed E-state index contributed by atoms with van der Waals surface area (Å²) in [5.41, 5.74) is 2.82. The van der Waals surface area contributed by atoms with Crippen molar-refractivity contribution in [2.45, 2.75) is 19.8 Å². The van der Waals surface area contributed by atoms with Crippen molar-refractivity contribution in [3.8, 4) is 0 Å². The first-order valence-corrected chi connectivity index (χ1v) is 8.82. The number of hydrogen-bond acceptors (Lipinski definition) is 2. The Hall–Kier alpha value is -3.20. The van der Waals surface area contributed by atoms with E-state index in [1.807, 2.05) is 73.7 Å². The molecule has 0 spiro atoms. The molecule has 1 N–H and O–H groups in total. The molecule has 0 unspecified atom stereocenters. The third kappa shape index (κ3) is 2.82. The number of hydrogen-bond donors (Lipinski definition) is 1. The minimum absolute atomic E-state index is 0.0779. The topological polar surface area (TPSA) is 49.9 Å². The lowest BCUT2D eigenvalue weighted by Crippen LogP contribution is -2.08. The number of fused-ring (bicyclic) bond motifs is 2. The summed E-state index contributed by atoms with van der Waals surface area (Å²) in [6.07, 6.45) is 0.734. The maximum atomic E-state index is 13.2. The van der Waals surface area contributed by atoms with Crippen LogP contribution < -0.4 is 0 Å². The smallest absolute Gasteiger partial charge is 0.209 e. The summed E-state index contributed by atoms with van der Waals surface area (Å²) < 4.78 is 0. The highest BCUT2D eigenvalue weighted by Crippen LogP contribution is 2.26. The molecule has 0 saturated carbocycles. The summed E-state index contributed by atoms with van der Waals surface area (Å²) in [6.45, 7) is 1.85. The minimum atomic E-state index is -0.0779. The van der Waals surface area contributed by atoms with Crippen LogP contribution in [0.3, 0.4) is 0 Å². The van der Waals surface area contributed by atoms with Crippen molar-refractivity contribution >= 4 is 33.2 Å². The highest BCUT2D eigenvalue weighted by molar-refractivity contribution is 6.13. The number of aromatic nitrogens is 1. The molecule has 0 radical (unpaired) electrons. The Labute approximate surface area is 151 Å². The van der Waals surface area contributed by atoms with Crippen LogP contribution in [0.4, 0.5) is 0 Å². The van der Waals surface area contributed by atoms with Gasteiger partial charge in [0, 0.05) is 29.3 Å². The van der Waals surface area contributed by atoms with Crippen LogP contribution in [0.2, 0.25) is 0 Å². The maximum absolute atomic E-state index is 13.2. The number of Topliss-reactive ketones (excluding diaryl/α,β-unsaturated/α-hetero) is 1. The van der Waals surface area contributed by atoms with Crippen molar-refractivity contribution in [1.29, 1.82) is 0 Å². The number of carbonyl (C=O) groups is 2. The Morgan fingerprint density at radius 2 is 1.62 bits per heavy atom. The molecule has 3 aromatic carbocycles. The Kier molecular flexibility index (Phi) is 4.13.